The normalized spacial score (nSPS) is 13.5. The Morgan fingerprint density at radius 1 is 1.04 bits per heavy atom. The summed E-state index contributed by atoms with van der Waals surface area (Å²) in [5.74, 6) is 0.0717. The minimum absolute atomic E-state index is 0.0717. The quantitative estimate of drug-likeness (QED) is 0.730. The molecule has 5 heteroatoms. The number of pyridine rings is 1. The summed E-state index contributed by atoms with van der Waals surface area (Å²) in [5, 5.41) is 4.26. The van der Waals surface area contributed by atoms with E-state index >= 15 is 0 Å². The van der Waals surface area contributed by atoms with Crippen LogP contribution in [0.2, 0.25) is 0 Å². The molecule has 0 saturated heterocycles. The lowest BCUT2D eigenvalue weighted by Crippen LogP contribution is -2.17. The molecule has 0 unspecified atom stereocenters. The summed E-state index contributed by atoms with van der Waals surface area (Å²) in [7, 11) is 3.72. The van der Waals surface area contributed by atoms with Gasteiger partial charge in [0, 0.05) is 54.8 Å². The van der Waals surface area contributed by atoms with Gasteiger partial charge in [0.05, 0.1) is 11.9 Å². The number of carbonyl (C=O) groups excluding carboxylic acids is 1. The largest absolute Gasteiger partial charge is 0.337 e. The van der Waals surface area contributed by atoms with Crippen molar-refractivity contribution < 1.29 is 4.79 Å². The molecule has 1 aliphatic heterocycles. The Labute approximate surface area is 140 Å². The summed E-state index contributed by atoms with van der Waals surface area (Å²) in [5.41, 5.74) is 6.67. The molecular formula is C19H18N4O. The molecule has 0 aliphatic carbocycles. The van der Waals surface area contributed by atoms with Gasteiger partial charge in [-0.2, -0.15) is 5.10 Å². The van der Waals surface area contributed by atoms with E-state index in [1.165, 1.54) is 0 Å². The Bertz CT molecular complexity index is 958. The third-order valence-corrected chi connectivity index (χ3v) is 4.42. The van der Waals surface area contributed by atoms with Crippen LogP contribution < -0.4 is 0 Å². The molecule has 0 atom stereocenters. The summed E-state index contributed by atoms with van der Waals surface area (Å²) in [4.78, 5) is 18.8. The second-order valence-corrected chi connectivity index (χ2v) is 6.28. The van der Waals surface area contributed by atoms with E-state index in [0.717, 1.165) is 39.2 Å². The van der Waals surface area contributed by atoms with E-state index in [1.807, 2.05) is 57.7 Å². The zero-order chi connectivity index (χ0) is 16.8. The van der Waals surface area contributed by atoms with Gasteiger partial charge in [0.2, 0.25) is 0 Å². The highest BCUT2D eigenvalue weighted by molar-refractivity contribution is 5.99. The van der Waals surface area contributed by atoms with Crippen molar-refractivity contribution in [2.75, 3.05) is 7.05 Å². The Morgan fingerprint density at radius 3 is 2.62 bits per heavy atom. The van der Waals surface area contributed by atoms with Gasteiger partial charge in [0.1, 0.15) is 0 Å². The average Bonchev–Trinajstić information content (AvgIpc) is 3.11. The van der Waals surface area contributed by atoms with Crippen molar-refractivity contribution in [3.63, 3.8) is 0 Å². The molecular weight excluding hydrogens is 300 g/mol. The fourth-order valence-corrected chi connectivity index (χ4v) is 3.16. The molecule has 1 aliphatic rings. The fourth-order valence-electron chi connectivity index (χ4n) is 3.16. The highest BCUT2D eigenvalue weighted by Gasteiger charge is 2.25. The third-order valence-electron chi connectivity index (χ3n) is 4.42. The molecule has 2 aromatic heterocycles. The van der Waals surface area contributed by atoms with Crippen LogP contribution in [0.25, 0.3) is 22.4 Å². The van der Waals surface area contributed by atoms with Crippen LogP contribution in [0.1, 0.15) is 21.6 Å². The van der Waals surface area contributed by atoms with Crippen LogP contribution in [0, 0.1) is 6.92 Å². The standard InChI is InChI=1S/C19H18N4O/c1-12-4-7-16(15-9-20-23(3)11-15)18(21-12)13-5-6-14-10-22(2)19(24)17(14)8-13/h4-9,11H,10H2,1-3H3. The van der Waals surface area contributed by atoms with E-state index < -0.39 is 0 Å². The fraction of sp³-hybridized carbons (Fsp3) is 0.211. The predicted molar refractivity (Wildman–Crippen MR) is 92.4 cm³/mol. The summed E-state index contributed by atoms with van der Waals surface area (Å²) < 4.78 is 1.78. The maximum Gasteiger partial charge on any atom is 0.254 e. The van der Waals surface area contributed by atoms with Gasteiger partial charge in [0.15, 0.2) is 0 Å². The first-order chi connectivity index (χ1) is 11.5. The van der Waals surface area contributed by atoms with E-state index in [0.29, 0.717) is 6.54 Å². The number of aryl methyl sites for hydroxylation is 2. The molecule has 5 nitrogen and oxygen atoms in total. The molecule has 1 aromatic carbocycles. The summed E-state index contributed by atoms with van der Waals surface area (Å²) in [6, 6.07) is 10.1. The smallest absolute Gasteiger partial charge is 0.254 e. The lowest BCUT2D eigenvalue weighted by molar-refractivity contribution is 0.0816. The number of amides is 1. The molecule has 24 heavy (non-hydrogen) atoms. The molecule has 0 N–H and O–H groups in total. The summed E-state index contributed by atoms with van der Waals surface area (Å²) in [6.07, 6.45) is 3.81. The summed E-state index contributed by atoms with van der Waals surface area (Å²) >= 11 is 0. The molecule has 120 valence electrons. The second kappa shape index (κ2) is 5.30. The van der Waals surface area contributed by atoms with Crippen LogP contribution >= 0.6 is 0 Å². The molecule has 0 bridgehead atoms. The van der Waals surface area contributed by atoms with Gasteiger partial charge >= 0.3 is 0 Å². The van der Waals surface area contributed by atoms with E-state index in [-0.39, 0.29) is 5.91 Å². The first kappa shape index (κ1) is 14.6. The van der Waals surface area contributed by atoms with Crippen LogP contribution in [0.3, 0.4) is 0 Å². The Morgan fingerprint density at radius 2 is 1.88 bits per heavy atom. The van der Waals surface area contributed by atoms with Crippen molar-refractivity contribution in [3.8, 4) is 22.4 Å². The van der Waals surface area contributed by atoms with Crippen LogP contribution in [0.4, 0.5) is 0 Å². The Balaban J connectivity index is 1.89. The average molecular weight is 318 g/mol. The van der Waals surface area contributed by atoms with Gasteiger partial charge in [-0.1, -0.05) is 18.2 Å². The Hall–Kier alpha value is -2.95. The van der Waals surface area contributed by atoms with Gasteiger partial charge in [-0.25, -0.2) is 0 Å². The topological polar surface area (TPSA) is 51.0 Å². The number of aromatic nitrogens is 3. The Kier molecular flexibility index (Phi) is 3.23. The number of carbonyl (C=O) groups is 1. The highest BCUT2D eigenvalue weighted by atomic mass is 16.2. The van der Waals surface area contributed by atoms with Gasteiger partial charge in [0.25, 0.3) is 5.91 Å². The van der Waals surface area contributed by atoms with E-state index in [2.05, 4.69) is 11.2 Å². The molecule has 3 aromatic rings. The predicted octanol–water partition coefficient (Wildman–Crippen LogP) is 3.04. The van der Waals surface area contributed by atoms with Crippen LogP contribution in [-0.4, -0.2) is 32.6 Å². The minimum atomic E-state index is 0.0717. The number of fused-ring (bicyclic) bond motifs is 1. The van der Waals surface area contributed by atoms with E-state index in [4.69, 9.17) is 4.98 Å². The number of benzene rings is 1. The zero-order valence-corrected chi connectivity index (χ0v) is 13.9. The van der Waals surface area contributed by atoms with Crippen LogP contribution in [-0.2, 0) is 13.6 Å². The number of nitrogens with zero attached hydrogens (tertiary/aromatic N) is 4. The molecule has 0 saturated carbocycles. The highest BCUT2D eigenvalue weighted by Crippen LogP contribution is 2.33. The third kappa shape index (κ3) is 2.29. The van der Waals surface area contributed by atoms with E-state index in [9.17, 15) is 4.79 Å². The van der Waals surface area contributed by atoms with Gasteiger partial charge in [-0.05, 0) is 24.6 Å². The maximum atomic E-state index is 12.3. The first-order valence-electron chi connectivity index (χ1n) is 7.88. The van der Waals surface area contributed by atoms with Crippen LogP contribution in [0.15, 0.2) is 42.7 Å². The lowest BCUT2D eigenvalue weighted by Gasteiger charge is -2.10. The van der Waals surface area contributed by atoms with Crippen molar-refractivity contribution >= 4 is 5.91 Å². The molecule has 4 rings (SSSR count). The van der Waals surface area contributed by atoms with Crippen molar-refractivity contribution in [3.05, 3.63) is 59.5 Å². The summed E-state index contributed by atoms with van der Waals surface area (Å²) in [6.45, 7) is 2.65. The monoisotopic (exact) mass is 318 g/mol. The first-order valence-corrected chi connectivity index (χ1v) is 7.88. The van der Waals surface area contributed by atoms with Crippen LogP contribution in [0.5, 0.6) is 0 Å². The maximum absolute atomic E-state index is 12.3. The molecule has 3 heterocycles. The van der Waals surface area contributed by atoms with Crippen molar-refractivity contribution in [2.45, 2.75) is 13.5 Å². The second-order valence-electron chi connectivity index (χ2n) is 6.28. The SMILES string of the molecule is Cc1ccc(-c2cnn(C)c2)c(-c2ccc3c(c2)C(=O)N(C)C3)n1. The molecule has 0 fully saturated rings. The number of hydrogen-bond donors (Lipinski definition) is 0. The van der Waals surface area contributed by atoms with Crippen molar-refractivity contribution in [1.82, 2.24) is 19.7 Å². The zero-order valence-electron chi connectivity index (χ0n) is 13.9. The molecule has 0 spiro atoms. The number of hydrogen-bond acceptors (Lipinski definition) is 3. The van der Waals surface area contributed by atoms with Crippen molar-refractivity contribution in [2.24, 2.45) is 7.05 Å². The van der Waals surface area contributed by atoms with E-state index in [1.54, 1.807) is 9.58 Å². The lowest BCUT2D eigenvalue weighted by atomic mass is 9.98. The number of rotatable bonds is 2. The van der Waals surface area contributed by atoms with Gasteiger partial charge < -0.3 is 4.90 Å². The van der Waals surface area contributed by atoms with Gasteiger partial charge in [-0.3, -0.25) is 14.5 Å². The minimum Gasteiger partial charge on any atom is -0.337 e. The van der Waals surface area contributed by atoms with Gasteiger partial charge in [-0.15, -0.1) is 0 Å². The molecule has 0 radical (unpaired) electrons. The molecule has 1 amide bonds. The van der Waals surface area contributed by atoms with Crippen molar-refractivity contribution in [1.29, 1.82) is 0 Å².